The van der Waals surface area contributed by atoms with Gasteiger partial charge in [0, 0.05) is 88.7 Å². The third-order valence-corrected chi connectivity index (χ3v) is 17.5. The Hall–Kier alpha value is -4.18. The van der Waals surface area contributed by atoms with E-state index in [1.165, 1.54) is 116 Å². The zero-order valence-electron chi connectivity index (χ0n) is 52.8. The lowest BCUT2D eigenvalue weighted by molar-refractivity contribution is -0.384. The van der Waals surface area contributed by atoms with Crippen LogP contribution in [0.2, 0.25) is 0 Å². The molecule has 5 N–H and O–H groups in total. The fraction of sp³-hybridized carbons (Fsp3) is 0.733. The van der Waals surface area contributed by atoms with Crippen LogP contribution in [0.3, 0.4) is 0 Å². The Labute approximate surface area is 519 Å². The number of allylic oxidation sites excluding steroid dienone is 2. The molecule has 88 heavy (non-hydrogen) atoms. The average Bonchev–Trinajstić information content (AvgIpc) is 4.41. The number of primary amides is 2. The van der Waals surface area contributed by atoms with Gasteiger partial charge in [0.05, 0.1) is 31.4 Å². The maximum absolute atomic E-state index is 13.0. The third kappa shape index (κ3) is 24.8. The number of nitrogens with two attached hydrogens (primary N) is 2. The van der Waals surface area contributed by atoms with Crippen LogP contribution < -0.4 is 16.0 Å². The van der Waals surface area contributed by atoms with E-state index in [1.807, 2.05) is 52.2 Å². The van der Waals surface area contributed by atoms with Gasteiger partial charge in [0.25, 0.3) is 5.69 Å². The summed E-state index contributed by atoms with van der Waals surface area (Å²) in [5.74, 6) is -2.35. The van der Waals surface area contributed by atoms with E-state index in [2.05, 4.69) is 13.8 Å². The summed E-state index contributed by atoms with van der Waals surface area (Å²) >= 11 is 0. The number of nitro groups is 1. The minimum Gasteiger partial charge on any atom is -0.404 e. The Kier molecular flexibility index (Phi) is 32.2. The number of carbonyl (C=O) groups is 2. The number of ether oxygens (including phenoxy) is 8. The van der Waals surface area contributed by atoms with Gasteiger partial charge in [-0.1, -0.05) is 103 Å². The Bertz CT molecular complexity index is 2500. The zero-order valence-corrected chi connectivity index (χ0v) is 54.6. The first kappa shape index (κ1) is 74.5. The van der Waals surface area contributed by atoms with Crippen molar-refractivity contribution in [2.75, 3.05) is 67.1 Å². The van der Waals surface area contributed by atoms with Gasteiger partial charge in [0.2, 0.25) is 11.8 Å². The number of non-ortho nitro benzene ring substituents is 1. The predicted molar refractivity (Wildman–Crippen MR) is 325 cm³/mol. The van der Waals surface area contributed by atoms with Crippen LogP contribution in [-0.2, 0) is 79.2 Å². The highest BCUT2D eigenvalue weighted by molar-refractivity contribution is 7.49. The summed E-state index contributed by atoms with van der Waals surface area (Å²) in [6, 6.07) is 5.21. The Balaban J connectivity index is 0.000000252. The quantitative estimate of drug-likeness (QED) is 0.0239. The number of aliphatic hydroxyl groups excluding tert-OH is 1. The first-order chi connectivity index (χ1) is 42.1. The third-order valence-electron chi connectivity index (χ3n) is 14.7. The van der Waals surface area contributed by atoms with Gasteiger partial charge >= 0.3 is 15.6 Å². The molecular formula is C60H99N5O21P2. The van der Waals surface area contributed by atoms with Crippen molar-refractivity contribution >= 4 is 33.1 Å². The summed E-state index contributed by atoms with van der Waals surface area (Å²) in [6.45, 7) is 14.3. The molecule has 6 heterocycles. The second-order valence-electron chi connectivity index (χ2n) is 22.8. The van der Waals surface area contributed by atoms with Crippen LogP contribution in [0.5, 0.6) is 5.75 Å². The monoisotopic (exact) mass is 1290 g/mol. The highest BCUT2D eigenvalue weighted by atomic mass is 31.2. The van der Waals surface area contributed by atoms with Crippen LogP contribution >= 0.6 is 15.6 Å². The van der Waals surface area contributed by atoms with Gasteiger partial charge < -0.3 is 68.8 Å². The number of fused-ring (bicyclic) bond motifs is 2. The summed E-state index contributed by atoms with van der Waals surface area (Å²) < 4.78 is 104. The summed E-state index contributed by atoms with van der Waals surface area (Å²) in [5.41, 5.74) is 11.7. The van der Waals surface area contributed by atoms with Crippen molar-refractivity contribution in [3.05, 3.63) is 82.5 Å². The fourth-order valence-electron chi connectivity index (χ4n) is 10.3. The molecule has 6 aliphatic rings. The van der Waals surface area contributed by atoms with Crippen molar-refractivity contribution in [3.63, 3.8) is 0 Å². The van der Waals surface area contributed by atoms with Crippen LogP contribution in [-0.4, -0.2) is 159 Å². The van der Waals surface area contributed by atoms with E-state index < -0.39 is 80.8 Å². The number of benzene rings is 1. The number of phosphoric ester groups is 2. The minimum absolute atomic E-state index is 0.0846. The van der Waals surface area contributed by atoms with Crippen molar-refractivity contribution in [3.8, 4) is 5.75 Å². The van der Waals surface area contributed by atoms with E-state index in [4.69, 9.17) is 76.5 Å². The first-order valence-corrected chi connectivity index (χ1v) is 33.9. The van der Waals surface area contributed by atoms with Crippen molar-refractivity contribution in [1.82, 2.24) is 9.80 Å². The van der Waals surface area contributed by atoms with Crippen molar-refractivity contribution < 1.29 is 93.8 Å². The number of phosphoric acid groups is 2. The molecule has 0 aromatic heterocycles. The molecule has 10 atom stereocenters. The van der Waals surface area contributed by atoms with Gasteiger partial charge in [-0.25, -0.2) is 9.13 Å². The molecule has 4 fully saturated rings. The number of hydrogen-bond donors (Lipinski definition) is 3. The van der Waals surface area contributed by atoms with Crippen molar-refractivity contribution in [1.29, 1.82) is 0 Å². The molecule has 1 aromatic carbocycles. The number of carbonyl (C=O) groups excluding carboxylic acids is 2. The van der Waals surface area contributed by atoms with Crippen LogP contribution in [0.15, 0.2) is 72.4 Å². The van der Waals surface area contributed by atoms with Crippen molar-refractivity contribution in [2.24, 2.45) is 11.5 Å². The molecule has 6 aliphatic heterocycles. The number of rotatable bonds is 39. The van der Waals surface area contributed by atoms with Gasteiger partial charge in [0.15, 0.2) is 24.0 Å². The van der Waals surface area contributed by atoms with Crippen LogP contribution in [0.25, 0.3) is 0 Å². The maximum Gasteiger partial charge on any atom is 0.529 e. The highest BCUT2D eigenvalue weighted by Gasteiger charge is 2.58. The number of amides is 2. The van der Waals surface area contributed by atoms with E-state index in [0.717, 1.165) is 26.1 Å². The molecule has 0 saturated carbocycles. The standard InChI is InChI=1S/C27H47N2O9P.C19H32NO7P.C14H20N2O5/c1-5-6-7-8-9-10-11-16-33-17-13-18-34-39(31,32-4)35-20-22-23-24(38-27(2,3)37-23)26(36-22)29-15-12-14-21(19-29)25(28)30;1-3-4-5-6-7-8-9-15-25-16-10-17-26-28(23,24-2)27-19-13-11-18(12-14-19)20(21)22;1-14(2)20-10-9(7-17)19-13(11(10)21-14)16-5-3-4-8(6-16)12(15)18/h12,15,19,22-24,26H,5-11,13-14,16-18,20H2,1-4H3,(H2,28,30);11-14H,3-10,15-17H2,1-2H3;3,5-6,9-11,13,17H,4,7H2,1-2H3,(H2,15,18). The van der Waals surface area contributed by atoms with Crippen molar-refractivity contribution in [2.45, 2.75) is 218 Å². The molecule has 28 heteroatoms. The number of hydrogen-bond acceptors (Lipinski definition) is 23. The Morgan fingerprint density at radius 1 is 0.602 bits per heavy atom. The van der Waals surface area contributed by atoms with Gasteiger partial charge in [-0.2, -0.15) is 0 Å². The number of nitrogens with zero attached hydrogens (tertiary/aromatic N) is 3. The van der Waals surface area contributed by atoms with E-state index in [1.54, 1.807) is 22.2 Å². The number of unbranched alkanes of at least 4 members (excludes halogenated alkanes) is 12. The number of aliphatic hydroxyl groups is 1. The molecule has 10 unspecified atom stereocenters. The predicted octanol–water partition coefficient (Wildman–Crippen LogP) is 10.5. The molecule has 26 nitrogen and oxygen atoms in total. The lowest BCUT2D eigenvalue weighted by Gasteiger charge is -2.31. The Morgan fingerprint density at radius 2 is 1.01 bits per heavy atom. The topological polar surface area (TPSA) is 319 Å². The molecule has 1 aromatic rings. The molecule has 0 aliphatic carbocycles. The molecule has 0 bridgehead atoms. The van der Waals surface area contributed by atoms with E-state index in [0.29, 0.717) is 50.0 Å². The van der Waals surface area contributed by atoms with E-state index >= 15 is 0 Å². The van der Waals surface area contributed by atoms with E-state index in [9.17, 15) is 33.9 Å². The molecule has 500 valence electrons. The molecular weight excluding hydrogens is 1190 g/mol. The minimum atomic E-state index is -3.81. The molecule has 7 rings (SSSR count). The SMILES string of the molecule is CC1(C)OC2C(CO)OC(N3C=CCC(C(N)=O)=C3)C2O1.CCCCCCCCCOCCCOP(=O)(OC)OCC1OC(N2C=CCC(C(N)=O)=C2)C2OC(C)(C)OC12.CCCCCCCCCOCCCOP(=O)(OC)Oc1ccc([N+](=O)[O-])cc1. The van der Waals surface area contributed by atoms with Crippen LogP contribution in [0.4, 0.5) is 5.69 Å². The lowest BCUT2D eigenvalue weighted by Crippen LogP contribution is -2.40. The largest absolute Gasteiger partial charge is 0.529 e. The second kappa shape index (κ2) is 38.0. The molecule has 2 amide bonds. The average molecular weight is 1290 g/mol. The van der Waals surface area contributed by atoms with Crippen LogP contribution in [0.1, 0.15) is 157 Å². The van der Waals surface area contributed by atoms with Crippen LogP contribution in [0, 0.1) is 10.1 Å². The molecule has 4 saturated heterocycles. The second-order valence-corrected chi connectivity index (χ2v) is 26.3. The van der Waals surface area contributed by atoms with Gasteiger partial charge in [-0.05, 0) is 78.4 Å². The van der Waals surface area contributed by atoms with Gasteiger partial charge in [-0.15, -0.1) is 0 Å². The van der Waals surface area contributed by atoms with Gasteiger partial charge in [-0.3, -0.25) is 42.3 Å². The molecule has 0 radical (unpaired) electrons. The number of nitro benzene ring substituents is 1. The normalized spacial score (nSPS) is 25.3. The first-order valence-electron chi connectivity index (χ1n) is 31.0. The summed E-state index contributed by atoms with van der Waals surface area (Å²) in [5, 5.41) is 20.1. The Morgan fingerprint density at radius 3 is 1.44 bits per heavy atom. The summed E-state index contributed by atoms with van der Waals surface area (Å²) in [6.07, 6.45) is 26.3. The van der Waals surface area contributed by atoms with E-state index in [-0.39, 0.29) is 50.1 Å². The van der Waals surface area contributed by atoms with Gasteiger partial charge in [0.1, 0.15) is 42.4 Å². The molecule has 0 spiro atoms. The zero-order chi connectivity index (χ0) is 64.2. The summed E-state index contributed by atoms with van der Waals surface area (Å²) in [7, 11) is -5.07. The maximum atomic E-state index is 13.0. The lowest BCUT2D eigenvalue weighted by atomic mass is 10.1. The fourth-order valence-corrected chi connectivity index (χ4v) is 12.2. The smallest absolute Gasteiger partial charge is 0.404 e. The summed E-state index contributed by atoms with van der Waals surface area (Å²) in [4.78, 5) is 36.6. The highest BCUT2D eigenvalue weighted by Crippen LogP contribution is 2.51.